The quantitative estimate of drug-likeness (QED) is 0.609. The van der Waals surface area contributed by atoms with Crippen LogP contribution < -0.4 is 0 Å². The number of rotatable bonds is 8. The van der Waals surface area contributed by atoms with E-state index in [0.29, 0.717) is 24.3 Å². The lowest BCUT2D eigenvalue weighted by Crippen LogP contribution is -2.42. The molecule has 1 saturated heterocycles. The molecule has 9 heteroatoms. The summed E-state index contributed by atoms with van der Waals surface area (Å²) in [6.07, 6.45) is 6.01. The number of likely N-dealkylation sites (tertiary alicyclic amines) is 1. The number of thiol groups is 1. The van der Waals surface area contributed by atoms with E-state index in [0.717, 1.165) is 24.8 Å². The summed E-state index contributed by atoms with van der Waals surface area (Å²) in [6.45, 7) is 1.37. The van der Waals surface area contributed by atoms with Crippen molar-refractivity contribution in [2.45, 2.75) is 43.5 Å². The fourth-order valence-electron chi connectivity index (χ4n) is 3.96. The number of aromatic nitrogens is 3. The van der Waals surface area contributed by atoms with Crippen LogP contribution in [0.25, 0.3) is 6.08 Å². The highest BCUT2D eigenvalue weighted by Crippen LogP contribution is 2.39. The van der Waals surface area contributed by atoms with Gasteiger partial charge in [-0.1, -0.05) is 23.4 Å². The first-order valence-electron chi connectivity index (χ1n) is 10.4. The monoisotopic (exact) mass is 444 g/mol. The fraction of sp³-hybridized carbons (Fsp3) is 0.455. The van der Waals surface area contributed by atoms with Crippen molar-refractivity contribution in [3.8, 4) is 0 Å². The molecule has 2 aliphatic rings. The summed E-state index contributed by atoms with van der Waals surface area (Å²) in [5.41, 5.74) is 2.01. The van der Waals surface area contributed by atoms with E-state index in [1.165, 1.54) is 10.7 Å². The van der Waals surface area contributed by atoms with E-state index in [4.69, 9.17) is 17.7 Å². The second kappa shape index (κ2) is 9.32. The number of carbonyl (C=O) groups is 2. The molecule has 0 amide bonds. The highest BCUT2D eigenvalue weighted by atomic mass is 32.1. The number of carboxylic acid groups (broad SMARTS) is 1. The van der Waals surface area contributed by atoms with E-state index < -0.39 is 12.0 Å². The number of ketones is 1. The van der Waals surface area contributed by atoms with Crippen molar-refractivity contribution < 1.29 is 19.1 Å². The molecule has 0 spiro atoms. The summed E-state index contributed by atoms with van der Waals surface area (Å²) in [6, 6.07) is 5.90. The zero-order chi connectivity index (χ0) is 22.0. The lowest BCUT2D eigenvalue weighted by atomic mass is 9.93. The number of benzene rings is 1. The molecule has 0 radical (unpaired) electrons. The van der Waals surface area contributed by atoms with Gasteiger partial charge in [-0.3, -0.25) is 19.2 Å². The highest BCUT2D eigenvalue weighted by Gasteiger charge is 2.40. The molecule has 1 N–H and O–H groups in total. The smallest absolute Gasteiger partial charge is 0.305 e. The normalized spacial score (nSPS) is 21.9. The zero-order valence-corrected chi connectivity index (χ0v) is 17.9. The van der Waals surface area contributed by atoms with Gasteiger partial charge in [0.1, 0.15) is 11.5 Å². The third-order valence-corrected chi connectivity index (χ3v) is 6.35. The minimum atomic E-state index is -0.895. The third kappa shape index (κ3) is 5.22. The SMILES string of the molecule is O=C(O)CCn1cc(/C=C2\CN(C(C(=O)C3CC3)c3ccccc3F)CCC2S)nn1. The molecule has 1 saturated carbocycles. The largest absolute Gasteiger partial charge is 0.481 e. The molecule has 2 unspecified atom stereocenters. The van der Waals surface area contributed by atoms with Crippen LogP contribution in [0.1, 0.15) is 43.0 Å². The van der Waals surface area contributed by atoms with Gasteiger partial charge in [0.05, 0.1) is 25.2 Å². The maximum absolute atomic E-state index is 14.6. The van der Waals surface area contributed by atoms with Gasteiger partial charge in [0.25, 0.3) is 0 Å². The average molecular weight is 445 g/mol. The maximum Gasteiger partial charge on any atom is 0.305 e. The number of halogens is 1. The first kappa shape index (κ1) is 21.7. The average Bonchev–Trinajstić information content (AvgIpc) is 3.50. The number of piperidine rings is 1. The van der Waals surface area contributed by atoms with Gasteiger partial charge in [-0.05, 0) is 37.0 Å². The van der Waals surface area contributed by atoms with Crippen molar-refractivity contribution in [3.05, 3.63) is 53.1 Å². The van der Waals surface area contributed by atoms with Crippen LogP contribution in [0.15, 0.2) is 36.0 Å². The first-order chi connectivity index (χ1) is 14.9. The van der Waals surface area contributed by atoms with Crippen LogP contribution in [0.5, 0.6) is 0 Å². The van der Waals surface area contributed by atoms with Crippen molar-refractivity contribution >= 4 is 30.5 Å². The predicted molar refractivity (Wildman–Crippen MR) is 116 cm³/mol. The lowest BCUT2D eigenvalue weighted by molar-refractivity contribution is -0.137. The molecule has 164 valence electrons. The Morgan fingerprint density at radius 2 is 2.06 bits per heavy atom. The van der Waals surface area contributed by atoms with E-state index in [1.54, 1.807) is 24.4 Å². The van der Waals surface area contributed by atoms with Crippen molar-refractivity contribution in [1.29, 1.82) is 0 Å². The van der Waals surface area contributed by atoms with Crippen LogP contribution in [0.2, 0.25) is 0 Å². The molecule has 1 aromatic heterocycles. The van der Waals surface area contributed by atoms with Crippen LogP contribution in [-0.2, 0) is 16.1 Å². The van der Waals surface area contributed by atoms with Crippen LogP contribution >= 0.6 is 12.6 Å². The second-order valence-electron chi connectivity index (χ2n) is 8.15. The van der Waals surface area contributed by atoms with Gasteiger partial charge in [0, 0.05) is 29.8 Å². The Hall–Kier alpha value is -2.52. The first-order valence-corrected chi connectivity index (χ1v) is 11.0. The van der Waals surface area contributed by atoms with Crippen molar-refractivity contribution in [1.82, 2.24) is 19.9 Å². The Labute approximate surface area is 185 Å². The summed E-state index contributed by atoms with van der Waals surface area (Å²) in [7, 11) is 0. The number of carbonyl (C=O) groups excluding carboxylic acids is 1. The zero-order valence-electron chi connectivity index (χ0n) is 17.0. The number of Topliss-reactive ketones (excluding diaryl/α,β-unsaturated/α-hetero) is 1. The summed E-state index contributed by atoms with van der Waals surface area (Å²) >= 11 is 4.70. The Balaban J connectivity index is 1.56. The predicted octanol–water partition coefficient (Wildman–Crippen LogP) is 3.00. The Morgan fingerprint density at radius 1 is 1.29 bits per heavy atom. The molecular formula is C22H25FN4O3S. The number of hydrogen-bond acceptors (Lipinski definition) is 6. The van der Waals surface area contributed by atoms with E-state index in [9.17, 15) is 14.0 Å². The van der Waals surface area contributed by atoms with E-state index in [1.807, 2.05) is 11.0 Å². The van der Waals surface area contributed by atoms with Crippen molar-refractivity contribution in [3.63, 3.8) is 0 Å². The summed E-state index contributed by atoms with van der Waals surface area (Å²) in [5, 5.41) is 16.9. The van der Waals surface area contributed by atoms with Gasteiger partial charge in [0.2, 0.25) is 0 Å². The molecule has 1 aliphatic heterocycles. The molecule has 1 aliphatic carbocycles. The van der Waals surface area contributed by atoms with Crippen LogP contribution in [0.3, 0.4) is 0 Å². The van der Waals surface area contributed by atoms with E-state index >= 15 is 0 Å². The molecule has 2 heterocycles. The Kier molecular flexibility index (Phi) is 6.52. The van der Waals surface area contributed by atoms with Crippen molar-refractivity contribution in [2.24, 2.45) is 5.92 Å². The highest BCUT2D eigenvalue weighted by molar-refractivity contribution is 7.81. The van der Waals surface area contributed by atoms with Gasteiger partial charge in [-0.25, -0.2) is 4.39 Å². The minimum Gasteiger partial charge on any atom is -0.481 e. The molecule has 0 bridgehead atoms. The maximum atomic E-state index is 14.6. The second-order valence-corrected chi connectivity index (χ2v) is 8.77. The summed E-state index contributed by atoms with van der Waals surface area (Å²) in [4.78, 5) is 25.9. The van der Waals surface area contributed by atoms with Crippen molar-refractivity contribution in [2.75, 3.05) is 13.1 Å². The number of aliphatic carboxylic acids is 1. The van der Waals surface area contributed by atoms with Crippen LogP contribution in [0.4, 0.5) is 4.39 Å². The van der Waals surface area contributed by atoms with Gasteiger partial charge in [-0.2, -0.15) is 12.6 Å². The van der Waals surface area contributed by atoms with Crippen LogP contribution in [-0.4, -0.2) is 55.1 Å². The molecule has 2 fully saturated rings. The van der Waals surface area contributed by atoms with E-state index in [2.05, 4.69) is 10.3 Å². The third-order valence-electron chi connectivity index (χ3n) is 5.76. The molecule has 31 heavy (non-hydrogen) atoms. The molecule has 4 rings (SSSR count). The number of nitrogens with zero attached hydrogens (tertiary/aromatic N) is 4. The fourth-order valence-corrected chi connectivity index (χ4v) is 4.23. The Morgan fingerprint density at radius 3 is 2.77 bits per heavy atom. The minimum absolute atomic E-state index is 0.00211. The molecule has 2 aromatic rings. The lowest BCUT2D eigenvalue weighted by Gasteiger charge is -2.37. The van der Waals surface area contributed by atoms with Gasteiger partial charge in [-0.15, -0.1) is 5.10 Å². The molecule has 7 nitrogen and oxygen atoms in total. The molecule has 1 aromatic carbocycles. The molecule has 2 atom stereocenters. The topological polar surface area (TPSA) is 88.3 Å². The van der Waals surface area contributed by atoms with E-state index in [-0.39, 0.29) is 35.7 Å². The Bertz CT molecular complexity index is 1000. The summed E-state index contributed by atoms with van der Waals surface area (Å²) < 4.78 is 16.1. The standard InChI is InChI=1S/C22H25FN4O3S/c23-18-4-2-1-3-17(18)21(22(30)14-5-6-14)26-9-7-19(31)15(12-26)11-16-13-27(25-24-16)10-8-20(28)29/h1-4,11,13-14,19,21,31H,5-10,12H2,(H,28,29)/b15-11+. The number of aryl methyl sites for hydroxylation is 1. The summed E-state index contributed by atoms with van der Waals surface area (Å²) in [5.74, 6) is -1.16. The van der Waals surface area contributed by atoms with Gasteiger partial charge < -0.3 is 5.11 Å². The van der Waals surface area contributed by atoms with Gasteiger partial charge >= 0.3 is 5.97 Å². The van der Waals surface area contributed by atoms with Crippen LogP contribution in [0, 0.1) is 11.7 Å². The molecular weight excluding hydrogens is 419 g/mol. The number of hydrogen-bond donors (Lipinski definition) is 2. The van der Waals surface area contributed by atoms with Gasteiger partial charge in [0.15, 0.2) is 5.78 Å². The number of carboxylic acids is 1.